The molecule has 0 aromatic heterocycles. The van der Waals surface area contributed by atoms with Gasteiger partial charge in [-0.05, 0) is 37.6 Å². The summed E-state index contributed by atoms with van der Waals surface area (Å²) >= 11 is 3.63. The predicted molar refractivity (Wildman–Crippen MR) is 95.5 cm³/mol. The molecule has 3 nitrogen and oxygen atoms in total. The van der Waals surface area contributed by atoms with Crippen LogP contribution in [0.25, 0.3) is 0 Å². The van der Waals surface area contributed by atoms with Crippen molar-refractivity contribution in [3.63, 3.8) is 0 Å². The fraction of sp³-hybridized carbons (Fsp3) is 0.667. The van der Waals surface area contributed by atoms with E-state index < -0.39 is 0 Å². The van der Waals surface area contributed by atoms with E-state index in [1.165, 1.54) is 43.4 Å². The number of hydrogen-bond acceptors (Lipinski definition) is 3. The van der Waals surface area contributed by atoms with E-state index in [1.54, 1.807) is 0 Å². The van der Waals surface area contributed by atoms with E-state index in [9.17, 15) is 0 Å². The third-order valence-corrected chi connectivity index (χ3v) is 5.51. The molecule has 0 unspecified atom stereocenters. The molecule has 0 N–H and O–H groups in total. The molecule has 122 valence electrons. The summed E-state index contributed by atoms with van der Waals surface area (Å²) in [5.74, 6) is 0. The van der Waals surface area contributed by atoms with Crippen LogP contribution in [0.15, 0.2) is 22.7 Å². The Morgan fingerprint density at radius 1 is 1.18 bits per heavy atom. The fourth-order valence-electron chi connectivity index (χ4n) is 3.69. The van der Waals surface area contributed by atoms with Crippen LogP contribution in [-0.2, 0) is 11.3 Å². The molecule has 1 aromatic carbocycles. The number of benzene rings is 1. The highest BCUT2D eigenvalue weighted by atomic mass is 79.9. The molecule has 0 amide bonds. The van der Waals surface area contributed by atoms with Crippen LogP contribution in [0.1, 0.15) is 37.7 Å². The topological polar surface area (TPSA) is 15.7 Å². The average molecular weight is 367 g/mol. The van der Waals surface area contributed by atoms with Crippen molar-refractivity contribution in [2.24, 2.45) is 0 Å². The molecular weight excluding hydrogens is 340 g/mol. The van der Waals surface area contributed by atoms with Crippen molar-refractivity contribution in [1.29, 1.82) is 0 Å². The van der Waals surface area contributed by atoms with Crippen LogP contribution in [0.4, 0.5) is 5.69 Å². The normalized spacial score (nSPS) is 20.6. The third-order valence-electron chi connectivity index (χ3n) is 5.02. The molecule has 3 rings (SSSR count). The lowest BCUT2D eigenvalue weighted by Gasteiger charge is -2.34. The van der Waals surface area contributed by atoms with Crippen molar-refractivity contribution in [3.8, 4) is 0 Å². The van der Waals surface area contributed by atoms with Crippen LogP contribution in [0.2, 0.25) is 0 Å². The van der Waals surface area contributed by atoms with Crippen LogP contribution in [-0.4, -0.2) is 44.3 Å². The summed E-state index contributed by atoms with van der Waals surface area (Å²) < 4.78 is 6.67. The molecule has 1 aliphatic carbocycles. The molecule has 4 heteroatoms. The second-order valence-corrected chi connectivity index (χ2v) is 7.50. The van der Waals surface area contributed by atoms with Gasteiger partial charge in [0.25, 0.3) is 0 Å². The zero-order valence-corrected chi connectivity index (χ0v) is 15.1. The van der Waals surface area contributed by atoms with Crippen LogP contribution >= 0.6 is 15.9 Å². The van der Waals surface area contributed by atoms with E-state index in [2.05, 4.69) is 51.0 Å². The minimum absolute atomic E-state index is 0.759. The van der Waals surface area contributed by atoms with Crippen molar-refractivity contribution >= 4 is 21.6 Å². The molecular formula is C18H27BrN2O. The average Bonchev–Trinajstić information content (AvgIpc) is 2.58. The summed E-state index contributed by atoms with van der Waals surface area (Å²) in [7, 11) is 2.29. The lowest BCUT2D eigenvalue weighted by atomic mass is 9.94. The molecule has 2 aliphatic rings. The highest BCUT2D eigenvalue weighted by Crippen LogP contribution is 2.29. The Bertz CT molecular complexity index is 482. The smallest absolute Gasteiger partial charge is 0.0642 e. The minimum atomic E-state index is 0.759. The Morgan fingerprint density at radius 3 is 2.64 bits per heavy atom. The molecule has 2 fully saturated rings. The van der Waals surface area contributed by atoms with E-state index >= 15 is 0 Å². The quantitative estimate of drug-likeness (QED) is 0.799. The van der Waals surface area contributed by atoms with Gasteiger partial charge in [0.05, 0.1) is 13.2 Å². The summed E-state index contributed by atoms with van der Waals surface area (Å²) in [5.41, 5.74) is 2.82. The molecule has 1 aromatic rings. The second-order valence-electron chi connectivity index (χ2n) is 6.58. The Hall–Kier alpha value is -0.580. The lowest BCUT2D eigenvalue weighted by Crippen LogP contribution is -2.38. The largest absolute Gasteiger partial charge is 0.378 e. The first-order valence-corrected chi connectivity index (χ1v) is 9.35. The maximum atomic E-state index is 5.50. The van der Waals surface area contributed by atoms with Gasteiger partial charge in [0.15, 0.2) is 0 Å². The summed E-state index contributed by atoms with van der Waals surface area (Å²) in [6.07, 6.45) is 6.93. The van der Waals surface area contributed by atoms with Gasteiger partial charge in [-0.15, -0.1) is 0 Å². The number of anilines is 1. The van der Waals surface area contributed by atoms with Crippen LogP contribution in [0.3, 0.4) is 0 Å². The number of ether oxygens (including phenoxy) is 1. The van der Waals surface area contributed by atoms with Gasteiger partial charge in [0.1, 0.15) is 0 Å². The molecule has 0 atom stereocenters. The first kappa shape index (κ1) is 16.3. The molecule has 0 radical (unpaired) electrons. The first-order valence-electron chi connectivity index (χ1n) is 8.55. The van der Waals surface area contributed by atoms with Crippen molar-refractivity contribution in [1.82, 2.24) is 4.90 Å². The van der Waals surface area contributed by atoms with Crippen molar-refractivity contribution in [3.05, 3.63) is 28.2 Å². The van der Waals surface area contributed by atoms with Gasteiger partial charge in [-0.2, -0.15) is 0 Å². The van der Waals surface area contributed by atoms with Gasteiger partial charge in [-0.25, -0.2) is 0 Å². The zero-order valence-electron chi connectivity index (χ0n) is 13.6. The van der Waals surface area contributed by atoms with Crippen molar-refractivity contribution < 1.29 is 4.74 Å². The molecule has 1 aliphatic heterocycles. The van der Waals surface area contributed by atoms with Crippen molar-refractivity contribution in [2.75, 3.05) is 38.3 Å². The monoisotopic (exact) mass is 366 g/mol. The molecule has 0 spiro atoms. The van der Waals surface area contributed by atoms with Gasteiger partial charge in [-0.3, -0.25) is 4.90 Å². The Kier molecular flexibility index (Phi) is 5.77. The lowest BCUT2D eigenvalue weighted by molar-refractivity contribution is 0.122. The van der Waals surface area contributed by atoms with Crippen LogP contribution in [0.5, 0.6) is 0 Å². The summed E-state index contributed by atoms with van der Waals surface area (Å²) in [5, 5.41) is 0. The standard InChI is InChI=1S/C18H27BrN2O/c1-20(17-5-3-2-4-6-17)14-15-7-8-16(19)13-18(15)21-9-11-22-12-10-21/h7-8,13,17H,2-6,9-12,14H2,1H3. The Balaban J connectivity index is 1.74. The fourth-order valence-corrected chi connectivity index (χ4v) is 4.04. The number of halogens is 1. The maximum Gasteiger partial charge on any atom is 0.0642 e. The Labute approximate surface area is 142 Å². The molecule has 1 saturated heterocycles. The number of hydrogen-bond donors (Lipinski definition) is 0. The van der Waals surface area contributed by atoms with Gasteiger partial charge in [0, 0.05) is 35.8 Å². The number of morpholine rings is 1. The Morgan fingerprint density at radius 2 is 1.91 bits per heavy atom. The maximum absolute atomic E-state index is 5.50. The zero-order chi connectivity index (χ0) is 15.4. The van der Waals surface area contributed by atoms with Gasteiger partial charge < -0.3 is 9.64 Å². The van der Waals surface area contributed by atoms with Crippen molar-refractivity contribution in [2.45, 2.75) is 44.7 Å². The van der Waals surface area contributed by atoms with E-state index in [1.807, 2.05) is 0 Å². The number of nitrogens with zero attached hydrogens (tertiary/aromatic N) is 2. The minimum Gasteiger partial charge on any atom is -0.378 e. The first-order chi connectivity index (χ1) is 10.7. The van der Waals surface area contributed by atoms with E-state index in [4.69, 9.17) is 4.74 Å². The van der Waals surface area contributed by atoms with Crippen LogP contribution < -0.4 is 4.90 Å². The molecule has 1 saturated carbocycles. The van der Waals surface area contributed by atoms with Gasteiger partial charge in [-0.1, -0.05) is 41.3 Å². The van der Waals surface area contributed by atoms with Gasteiger partial charge >= 0.3 is 0 Å². The van der Waals surface area contributed by atoms with E-state index in [-0.39, 0.29) is 0 Å². The molecule has 22 heavy (non-hydrogen) atoms. The second kappa shape index (κ2) is 7.80. The molecule has 0 bridgehead atoms. The summed E-state index contributed by atoms with van der Waals surface area (Å²) in [6, 6.07) is 7.49. The summed E-state index contributed by atoms with van der Waals surface area (Å²) in [4.78, 5) is 5.03. The number of rotatable bonds is 4. The highest BCUT2D eigenvalue weighted by molar-refractivity contribution is 9.10. The molecule has 1 heterocycles. The highest BCUT2D eigenvalue weighted by Gasteiger charge is 2.21. The third kappa shape index (κ3) is 4.03. The van der Waals surface area contributed by atoms with Crippen LogP contribution in [0, 0.1) is 0 Å². The summed E-state index contributed by atoms with van der Waals surface area (Å²) in [6.45, 7) is 4.71. The SMILES string of the molecule is CN(Cc1ccc(Br)cc1N1CCOCC1)C1CCCCC1. The van der Waals surface area contributed by atoms with E-state index in [0.717, 1.165) is 43.4 Å². The predicted octanol–water partition coefficient (Wildman–Crippen LogP) is 4.05. The van der Waals surface area contributed by atoms with E-state index in [0.29, 0.717) is 0 Å². The van der Waals surface area contributed by atoms with Gasteiger partial charge in [0.2, 0.25) is 0 Å².